The van der Waals surface area contributed by atoms with Gasteiger partial charge < -0.3 is 9.30 Å². The molecule has 3 nitrogen and oxygen atoms in total. The lowest BCUT2D eigenvalue weighted by molar-refractivity contribution is 0.412. The lowest BCUT2D eigenvalue weighted by Gasteiger charge is -2.09. The van der Waals surface area contributed by atoms with Crippen molar-refractivity contribution in [2.45, 2.75) is 20.4 Å². The number of hydrogen-bond acceptors (Lipinski definition) is 2. The summed E-state index contributed by atoms with van der Waals surface area (Å²) in [6.07, 6.45) is 3.65. The maximum atomic E-state index is 5.77. The first-order valence-electron chi connectivity index (χ1n) is 5.16. The minimum atomic E-state index is 0.628. The van der Waals surface area contributed by atoms with Crippen LogP contribution in [0.3, 0.4) is 0 Å². The molecule has 0 fully saturated rings. The standard InChI is InChI=1S/C12H13BrN2O/c1-3-15-7-6-14-12(15)16-11-8-10(13)5-4-9(11)2/h4-8H,3H2,1-2H3. The number of aromatic nitrogens is 2. The zero-order valence-corrected chi connectivity index (χ0v) is 10.9. The molecule has 1 aromatic carbocycles. The number of ether oxygens (including phenoxy) is 1. The number of halogens is 1. The number of aryl methyl sites for hydroxylation is 2. The fourth-order valence-corrected chi connectivity index (χ4v) is 1.76. The molecule has 0 spiro atoms. The van der Waals surface area contributed by atoms with Crippen LogP contribution in [-0.2, 0) is 6.54 Å². The first-order chi connectivity index (χ1) is 7.70. The Morgan fingerprint density at radius 2 is 2.25 bits per heavy atom. The lowest BCUT2D eigenvalue weighted by Crippen LogP contribution is -1.98. The van der Waals surface area contributed by atoms with Gasteiger partial charge in [-0.3, -0.25) is 0 Å². The Bertz CT molecular complexity index is 494. The van der Waals surface area contributed by atoms with Gasteiger partial charge in [0.15, 0.2) is 0 Å². The predicted octanol–water partition coefficient (Wildman–Crippen LogP) is 3.77. The van der Waals surface area contributed by atoms with Gasteiger partial charge in [0.05, 0.1) is 0 Å². The Balaban J connectivity index is 2.30. The van der Waals surface area contributed by atoms with Crippen LogP contribution in [0.4, 0.5) is 0 Å². The zero-order chi connectivity index (χ0) is 11.5. The van der Waals surface area contributed by atoms with E-state index in [9.17, 15) is 0 Å². The van der Waals surface area contributed by atoms with E-state index in [-0.39, 0.29) is 0 Å². The van der Waals surface area contributed by atoms with Gasteiger partial charge in [-0.1, -0.05) is 22.0 Å². The highest BCUT2D eigenvalue weighted by Crippen LogP contribution is 2.27. The average molecular weight is 281 g/mol. The third-order valence-corrected chi connectivity index (χ3v) is 2.86. The van der Waals surface area contributed by atoms with E-state index < -0.39 is 0 Å². The van der Waals surface area contributed by atoms with Crippen molar-refractivity contribution in [1.82, 2.24) is 9.55 Å². The molecule has 1 heterocycles. The van der Waals surface area contributed by atoms with E-state index in [2.05, 4.69) is 27.8 Å². The highest BCUT2D eigenvalue weighted by Gasteiger charge is 2.06. The van der Waals surface area contributed by atoms with Crippen LogP contribution in [0.15, 0.2) is 35.1 Å². The number of imidazole rings is 1. The van der Waals surface area contributed by atoms with Gasteiger partial charge in [-0.05, 0) is 31.5 Å². The maximum absolute atomic E-state index is 5.77. The smallest absolute Gasteiger partial charge is 0.301 e. The summed E-state index contributed by atoms with van der Waals surface area (Å²) >= 11 is 3.43. The Hall–Kier alpha value is -1.29. The van der Waals surface area contributed by atoms with Crippen molar-refractivity contribution in [2.24, 2.45) is 0 Å². The minimum Gasteiger partial charge on any atom is -0.425 e. The Labute approximate surface area is 103 Å². The second kappa shape index (κ2) is 4.70. The molecule has 0 saturated carbocycles. The molecule has 0 bridgehead atoms. The molecule has 0 radical (unpaired) electrons. The molecule has 0 atom stereocenters. The van der Waals surface area contributed by atoms with E-state index in [0.29, 0.717) is 6.01 Å². The maximum Gasteiger partial charge on any atom is 0.301 e. The van der Waals surface area contributed by atoms with Gasteiger partial charge in [0, 0.05) is 23.4 Å². The number of benzene rings is 1. The molecule has 1 aromatic heterocycles. The van der Waals surface area contributed by atoms with Crippen LogP contribution in [0.2, 0.25) is 0 Å². The minimum absolute atomic E-state index is 0.628. The molecule has 2 aromatic rings. The van der Waals surface area contributed by atoms with Crippen LogP contribution in [0.1, 0.15) is 12.5 Å². The van der Waals surface area contributed by atoms with Gasteiger partial charge >= 0.3 is 6.01 Å². The van der Waals surface area contributed by atoms with Gasteiger partial charge in [-0.25, -0.2) is 4.98 Å². The fraction of sp³-hybridized carbons (Fsp3) is 0.250. The molecule has 0 amide bonds. The van der Waals surface area contributed by atoms with Crippen molar-refractivity contribution < 1.29 is 4.74 Å². The van der Waals surface area contributed by atoms with Crippen molar-refractivity contribution in [3.05, 3.63) is 40.6 Å². The predicted molar refractivity (Wildman–Crippen MR) is 66.9 cm³/mol. The topological polar surface area (TPSA) is 27.1 Å². The van der Waals surface area contributed by atoms with E-state index in [0.717, 1.165) is 22.3 Å². The summed E-state index contributed by atoms with van der Waals surface area (Å²) in [5.74, 6) is 0.829. The van der Waals surface area contributed by atoms with Crippen LogP contribution in [0.25, 0.3) is 0 Å². The molecule has 0 N–H and O–H groups in total. The van der Waals surface area contributed by atoms with E-state index in [4.69, 9.17) is 4.74 Å². The van der Waals surface area contributed by atoms with E-state index in [1.54, 1.807) is 6.20 Å². The molecule has 0 aliphatic carbocycles. The van der Waals surface area contributed by atoms with Crippen LogP contribution < -0.4 is 4.74 Å². The highest BCUT2D eigenvalue weighted by molar-refractivity contribution is 9.10. The van der Waals surface area contributed by atoms with Gasteiger partial charge in [-0.2, -0.15) is 0 Å². The van der Waals surface area contributed by atoms with Crippen LogP contribution in [0.5, 0.6) is 11.8 Å². The Morgan fingerprint density at radius 1 is 1.44 bits per heavy atom. The largest absolute Gasteiger partial charge is 0.425 e. The second-order valence-electron chi connectivity index (χ2n) is 3.51. The number of hydrogen-bond donors (Lipinski definition) is 0. The van der Waals surface area contributed by atoms with Crippen molar-refractivity contribution >= 4 is 15.9 Å². The molecular formula is C12H13BrN2O. The van der Waals surface area contributed by atoms with Gasteiger partial charge in [0.2, 0.25) is 0 Å². The summed E-state index contributed by atoms with van der Waals surface area (Å²) in [5, 5.41) is 0. The molecule has 0 aliphatic rings. The Morgan fingerprint density at radius 3 is 3.00 bits per heavy atom. The quantitative estimate of drug-likeness (QED) is 0.856. The van der Waals surface area contributed by atoms with Crippen molar-refractivity contribution in [1.29, 1.82) is 0 Å². The molecule has 0 aliphatic heterocycles. The van der Waals surface area contributed by atoms with Crippen molar-refractivity contribution in [3.63, 3.8) is 0 Å². The Kier molecular flexibility index (Phi) is 3.29. The first-order valence-corrected chi connectivity index (χ1v) is 5.95. The molecule has 16 heavy (non-hydrogen) atoms. The zero-order valence-electron chi connectivity index (χ0n) is 9.27. The van der Waals surface area contributed by atoms with Crippen LogP contribution in [-0.4, -0.2) is 9.55 Å². The molecule has 84 valence electrons. The summed E-state index contributed by atoms with van der Waals surface area (Å²) in [5.41, 5.74) is 1.09. The van der Waals surface area contributed by atoms with Crippen LogP contribution in [0, 0.1) is 6.92 Å². The third-order valence-electron chi connectivity index (χ3n) is 2.37. The summed E-state index contributed by atoms with van der Waals surface area (Å²) in [7, 11) is 0. The molecule has 4 heteroatoms. The fourth-order valence-electron chi connectivity index (χ4n) is 1.42. The summed E-state index contributed by atoms with van der Waals surface area (Å²) in [4.78, 5) is 4.18. The highest BCUT2D eigenvalue weighted by atomic mass is 79.9. The van der Waals surface area contributed by atoms with E-state index in [1.807, 2.05) is 35.9 Å². The molecule has 0 unspecified atom stereocenters. The molecule has 0 saturated heterocycles. The summed E-state index contributed by atoms with van der Waals surface area (Å²) in [6, 6.07) is 6.58. The SMILES string of the molecule is CCn1ccnc1Oc1cc(Br)ccc1C. The summed E-state index contributed by atoms with van der Waals surface area (Å²) in [6.45, 7) is 4.92. The van der Waals surface area contributed by atoms with E-state index in [1.165, 1.54) is 0 Å². The van der Waals surface area contributed by atoms with Crippen molar-refractivity contribution in [3.8, 4) is 11.8 Å². The second-order valence-corrected chi connectivity index (χ2v) is 4.42. The summed E-state index contributed by atoms with van der Waals surface area (Å²) < 4.78 is 8.74. The van der Waals surface area contributed by atoms with Gasteiger partial charge in [0.25, 0.3) is 0 Å². The van der Waals surface area contributed by atoms with Gasteiger partial charge in [-0.15, -0.1) is 0 Å². The van der Waals surface area contributed by atoms with Crippen LogP contribution >= 0.6 is 15.9 Å². The first kappa shape index (κ1) is 11.2. The van der Waals surface area contributed by atoms with E-state index >= 15 is 0 Å². The van der Waals surface area contributed by atoms with Gasteiger partial charge in [0.1, 0.15) is 5.75 Å². The third kappa shape index (κ3) is 2.27. The normalized spacial score (nSPS) is 10.4. The monoisotopic (exact) mass is 280 g/mol. The van der Waals surface area contributed by atoms with Crippen molar-refractivity contribution in [2.75, 3.05) is 0 Å². The molecule has 2 rings (SSSR count). The number of nitrogens with zero attached hydrogens (tertiary/aromatic N) is 2. The average Bonchev–Trinajstić information content (AvgIpc) is 2.71. The molecular weight excluding hydrogens is 268 g/mol. The number of rotatable bonds is 3. The lowest BCUT2D eigenvalue weighted by atomic mass is 10.2.